The van der Waals surface area contributed by atoms with Crippen molar-refractivity contribution in [2.24, 2.45) is 0 Å². The normalized spacial score (nSPS) is 18.1. The van der Waals surface area contributed by atoms with Crippen LogP contribution in [0.5, 0.6) is 23.0 Å². The van der Waals surface area contributed by atoms with Gasteiger partial charge in [-0.3, -0.25) is 9.69 Å². The molecule has 1 saturated heterocycles. The van der Waals surface area contributed by atoms with E-state index in [1.165, 1.54) is 6.07 Å². The Morgan fingerprint density at radius 2 is 1.88 bits per heavy atom. The number of likely N-dealkylation sites (N-methyl/N-ethyl adjacent to an activating group) is 1. The molecule has 0 unspecified atom stereocenters. The largest absolute Gasteiger partial charge is 0.508 e. The van der Waals surface area contributed by atoms with Crippen LogP contribution in [0.3, 0.4) is 0 Å². The number of rotatable bonds is 5. The molecule has 0 atom stereocenters. The summed E-state index contributed by atoms with van der Waals surface area (Å²) in [7, 11) is 3.77. The molecule has 2 aromatic carbocycles. The third kappa shape index (κ3) is 4.03. The first-order valence-electron chi connectivity index (χ1n) is 11.0. The standard InChI is InChI=1S/C25H27N3O5/c1-26-5-7-27(8-6-26)9-10-28-15-16(19-14-18(32-2)3-4-20(19)28)11-23-25(31)24-21(30)12-17(29)13-22(24)33-23/h3-4,11-15,29-30H,5-10H2,1-2H3. The maximum Gasteiger partial charge on any atom is 0.235 e. The van der Waals surface area contributed by atoms with Crippen LogP contribution < -0.4 is 9.47 Å². The molecule has 1 fully saturated rings. The van der Waals surface area contributed by atoms with Gasteiger partial charge in [-0.2, -0.15) is 0 Å². The van der Waals surface area contributed by atoms with Crippen LogP contribution >= 0.6 is 0 Å². The Morgan fingerprint density at radius 3 is 2.64 bits per heavy atom. The highest BCUT2D eigenvalue weighted by Gasteiger charge is 2.31. The lowest BCUT2D eigenvalue weighted by Crippen LogP contribution is -2.45. The lowest BCUT2D eigenvalue weighted by Gasteiger charge is -2.32. The molecule has 0 spiro atoms. The van der Waals surface area contributed by atoms with Crippen molar-refractivity contribution in [1.82, 2.24) is 14.4 Å². The van der Waals surface area contributed by atoms with Crippen LogP contribution in [0.15, 0.2) is 42.3 Å². The summed E-state index contributed by atoms with van der Waals surface area (Å²) in [5.74, 6) is 0.111. The maximum absolute atomic E-state index is 12.9. The number of methoxy groups -OCH3 is 1. The van der Waals surface area contributed by atoms with Crippen molar-refractivity contribution in [3.05, 3.63) is 53.4 Å². The van der Waals surface area contributed by atoms with Gasteiger partial charge in [-0.25, -0.2) is 0 Å². The number of allylic oxidation sites excluding steroid dienone is 1. The predicted octanol–water partition coefficient (Wildman–Crippen LogP) is 2.92. The number of ether oxygens (including phenoxy) is 2. The molecule has 8 heteroatoms. The third-order valence-corrected chi connectivity index (χ3v) is 6.40. The Morgan fingerprint density at radius 1 is 1.09 bits per heavy atom. The van der Waals surface area contributed by atoms with E-state index >= 15 is 0 Å². The number of benzene rings is 2. The van der Waals surface area contributed by atoms with Gasteiger partial charge < -0.3 is 29.2 Å². The molecule has 0 saturated carbocycles. The minimum absolute atomic E-state index is 0.0652. The van der Waals surface area contributed by atoms with E-state index in [2.05, 4.69) is 21.4 Å². The average Bonchev–Trinajstić information content (AvgIpc) is 3.30. The van der Waals surface area contributed by atoms with Crippen LogP contribution in [-0.2, 0) is 6.54 Å². The summed E-state index contributed by atoms with van der Waals surface area (Å²) in [5.41, 5.74) is 1.93. The highest BCUT2D eigenvalue weighted by molar-refractivity contribution is 6.16. The van der Waals surface area contributed by atoms with E-state index in [1.54, 1.807) is 13.2 Å². The van der Waals surface area contributed by atoms with Crippen molar-refractivity contribution in [2.45, 2.75) is 6.54 Å². The molecule has 172 valence electrons. The SMILES string of the molecule is COc1ccc2c(c1)c(C=C1Oc3cc(O)cc(O)c3C1=O)cn2CCN1CCN(C)CC1. The molecule has 0 bridgehead atoms. The maximum atomic E-state index is 12.9. The predicted molar refractivity (Wildman–Crippen MR) is 125 cm³/mol. The molecule has 1 aromatic heterocycles. The van der Waals surface area contributed by atoms with Crippen LogP contribution in [0, 0.1) is 0 Å². The van der Waals surface area contributed by atoms with Crippen LogP contribution in [0.1, 0.15) is 15.9 Å². The summed E-state index contributed by atoms with van der Waals surface area (Å²) in [6.07, 6.45) is 3.71. The number of Topliss-reactive ketones (excluding diaryl/α,β-unsaturated/α-hetero) is 1. The van der Waals surface area contributed by atoms with Gasteiger partial charge in [0.05, 0.1) is 7.11 Å². The second-order valence-corrected chi connectivity index (χ2v) is 8.58. The number of fused-ring (bicyclic) bond motifs is 2. The number of carbonyl (C=O) groups excluding carboxylic acids is 1. The minimum Gasteiger partial charge on any atom is -0.508 e. The Labute approximate surface area is 191 Å². The van der Waals surface area contributed by atoms with Gasteiger partial charge in [-0.15, -0.1) is 0 Å². The number of aromatic hydroxyl groups is 2. The zero-order valence-corrected chi connectivity index (χ0v) is 18.7. The fraction of sp³-hybridized carbons (Fsp3) is 0.320. The minimum atomic E-state index is -0.413. The molecule has 2 aliphatic heterocycles. The smallest absolute Gasteiger partial charge is 0.235 e. The van der Waals surface area contributed by atoms with E-state index in [-0.39, 0.29) is 28.6 Å². The summed E-state index contributed by atoms with van der Waals surface area (Å²) in [4.78, 5) is 17.7. The number of hydrogen-bond acceptors (Lipinski definition) is 7. The summed E-state index contributed by atoms with van der Waals surface area (Å²) in [6.45, 7) is 6.01. The zero-order chi connectivity index (χ0) is 23.1. The van der Waals surface area contributed by atoms with E-state index in [9.17, 15) is 15.0 Å². The molecular weight excluding hydrogens is 422 g/mol. The van der Waals surface area contributed by atoms with Gasteiger partial charge in [-0.05, 0) is 31.3 Å². The number of ketones is 1. The van der Waals surface area contributed by atoms with E-state index < -0.39 is 5.78 Å². The second-order valence-electron chi connectivity index (χ2n) is 8.58. The molecule has 5 rings (SSSR count). The van der Waals surface area contributed by atoms with Gasteiger partial charge in [0.2, 0.25) is 5.78 Å². The summed E-state index contributed by atoms with van der Waals surface area (Å²) < 4.78 is 13.3. The lowest BCUT2D eigenvalue weighted by atomic mass is 10.1. The molecule has 8 nitrogen and oxygen atoms in total. The van der Waals surface area contributed by atoms with Crippen LogP contribution in [-0.4, -0.2) is 77.2 Å². The topological polar surface area (TPSA) is 87.4 Å². The highest BCUT2D eigenvalue weighted by atomic mass is 16.5. The van der Waals surface area contributed by atoms with Gasteiger partial charge in [0, 0.05) is 74.1 Å². The molecular formula is C25H27N3O5. The summed E-state index contributed by atoms with van der Waals surface area (Å²) >= 11 is 0. The average molecular weight is 450 g/mol. The molecule has 2 N–H and O–H groups in total. The van der Waals surface area contributed by atoms with Crippen molar-refractivity contribution < 1.29 is 24.5 Å². The van der Waals surface area contributed by atoms with Crippen molar-refractivity contribution in [3.63, 3.8) is 0 Å². The number of nitrogens with zero attached hydrogens (tertiary/aromatic N) is 3. The Balaban J connectivity index is 1.48. The van der Waals surface area contributed by atoms with Gasteiger partial charge in [0.1, 0.15) is 28.6 Å². The molecule has 0 aliphatic carbocycles. The number of aromatic nitrogens is 1. The Kier molecular flexibility index (Phi) is 5.47. The van der Waals surface area contributed by atoms with Crippen LogP contribution in [0.2, 0.25) is 0 Å². The number of piperazine rings is 1. The van der Waals surface area contributed by atoms with E-state index in [1.807, 2.05) is 24.4 Å². The highest BCUT2D eigenvalue weighted by Crippen LogP contribution is 2.41. The monoisotopic (exact) mass is 449 g/mol. The molecule has 33 heavy (non-hydrogen) atoms. The van der Waals surface area contributed by atoms with Gasteiger partial charge in [0.25, 0.3) is 0 Å². The molecule has 3 heterocycles. The lowest BCUT2D eigenvalue weighted by molar-refractivity contribution is 0.101. The fourth-order valence-corrected chi connectivity index (χ4v) is 4.47. The molecule has 2 aliphatic rings. The summed E-state index contributed by atoms with van der Waals surface area (Å²) in [6, 6.07) is 8.37. The van der Waals surface area contributed by atoms with Gasteiger partial charge >= 0.3 is 0 Å². The van der Waals surface area contributed by atoms with Gasteiger partial charge in [0.15, 0.2) is 5.76 Å². The summed E-state index contributed by atoms with van der Waals surface area (Å²) in [5, 5.41) is 20.8. The number of phenolic OH excluding ortho intramolecular Hbond substituents is 2. The van der Waals surface area contributed by atoms with Crippen LogP contribution in [0.25, 0.3) is 17.0 Å². The van der Waals surface area contributed by atoms with Crippen molar-refractivity contribution in [2.75, 3.05) is 46.9 Å². The first kappa shape index (κ1) is 21.4. The second kappa shape index (κ2) is 8.46. The van der Waals surface area contributed by atoms with E-state index in [0.717, 1.165) is 67.6 Å². The van der Waals surface area contributed by atoms with E-state index in [4.69, 9.17) is 9.47 Å². The first-order chi connectivity index (χ1) is 15.9. The number of phenols is 2. The fourth-order valence-electron chi connectivity index (χ4n) is 4.47. The number of carbonyl (C=O) groups is 1. The van der Waals surface area contributed by atoms with Gasteiger partial charge in [-0.1, -0.05) is 0 Å². The first-order valence-corrected chi connectivity index (χ1v) is 11.0. The quantitative estimate of drug-likeness (QED) is 0.579. The molecule has 3 aromatic rings. The van der Waals surface area contributed by atoms with Crippen molar-refractivity contribution in [1.29, 1.82) is 0 Å². The Hall–Kier alpha value is -3.49. The Bertz CT molecular complexity index is 1250. The van der Waals surface area contributed by atoms with E-state index in [0.29, 0.717) is 0 Å². The van der Waals surface area contributed by atoms with Crippen molar-refractivity contribution >= 4 is 22.8 Å². The third-order valence-electron chi connectivity index (χ3n) is 6.40. The zero-order valence-electron chi connectivity index (χ0n) is 18.7. The molecule has 0 amide bonds. The molecule has 0 radical (unpaired) electrons. The van der Waals surface area contributed by atoms with Crippen LogP contribution in [0.4, 0.5) is 0 Å². The van der Waals surface area contributed by atoms with Crippen molar-refractivity contribution in [3.8, 4) is 23.0 Å². The number of hydrogen-bond donors (Lipinski definition) is 2.